The quantitative estimate of drug-likeness (QED) is 0.545. The Morgan fingerprint density at radius 1 is 0.920 bits per heavy atom. The third kappa shape index (κ3) is 7.83. The molecular weight excluding hydrogens is 314 g/mol. The second-order valence-corrected chi connectivity index (χ2v) is 5.83. The number of amides is 1. The number of carbonyl (C=O) groups excluding carboxylic acids is 1. The van der Waals surface area contributed by atoms with Gasteiger partial charge >= 0.3 is 0 Å². The second-order valence-electron chi connectivity index (χ2n) is 5.83. The Hall–Kier alpha value is -2.37. The molecule has 0 saturated heterocycles. The zero-order valence-electron chi connectivity index (χ0n) is 14.5. The molecule has 2 aromatic rings. The monoisotopic (exact) mass is 341 g/mol. The number of ether oxygens (including phenoxy) is 1. The fourth-order valence-electron chi connectivity index (χ4n) is 2.39. The number of rotatable bonds is 11. The Morgan fingerprint density at radius 3 is 2.36 bits per heavy atom. The molecular formula is C20H27N3O2. The molecule has 0 fully saturated rings. The van der Waals surface area contributed by atoms with Crippen LogP contribution in [0.15, 0.2) is 54.6 Å². The molecule has 4 N–H and O–H groups in total. The molecule has 134 valence electrons. The summed E-state index contributed by atoms with van der Waals surface area (Å²) in [6, 6.07) is 17.8. The number of aryl methyl sites for hydroxylation is 1. The van der Waals surface area contributed by atoms with Crippen LogP contribution < -0.4 is 21.1 Å². The van der Waals surface area contributed by atoms with Gasteiger partial charge in [-0.25, -0.2) is 0 Å². The lowest BCUT2D eigenvalue weighted by Crippen LogP contribution is -2.35. The van der Waals surface area contributed by atoms with Gasteiger partial charge in [0.15, 0.2) is 6.61 Å². The molecule has 2 rings (SSSR count). The van der Waals surface area contributed by atoms with Crippen molar-refractivity contribution in [3.05, 3.63) is 65.7 Å². The van der Waals surface area contributed by atoms with Crippen LogP contribution in [0.25, 0.3) is 0 Å². The van der Waals surface area contributed by atoms with E-state index in [9.17, 15) is 4.79 Å². The Labute approximate surface area is 149 Å². The summed E-state index contributed by atoms with van der Waals surface area (Å²) in [4.78, 5) is 11.7. The number of para-hydroxylation sites is 1. The minimum atomic E-state index is -0.106. The van der Waals surface area contributed by atoms with Gasteiger partial charge in [-0.05, 0) is 42.6 Å². The first kappa shape index (κ1) is 19.0. The first-order chi connectivity index (χ1) is 12.3. The summed E-state index contributed by atoms with van der Waals surface area (Å²) in [6.45, 7) is 2.91. The van der Waals surface area contributed by atoms with Crippen LogP contribution in [0.3, 0.4) is 0 Å². The summed E-state index contributed by atoms with van der Waals surface area (Å²) in [5, 5.41) is 6.17. The highest BCUT2D eigenvalue weighted by molar-refractivity contribution is 5.77. The Kier molecular flexibility index (Phi) is 8.52. The van der Waals surface area contributed by atoms with Gasteiger partial charge in [-0.15, -0.1) is 0 Å². The van der Waals surface area contributed by atoms with E-state index in [1.807, 2.05) is 30.3 Å². The van der Waals surface area contributed by atoms with Crippen molar-refractivity contribution < 1.29 is 9.53 Å². The number of benzene rings is 2. The fraction of sp³-hybridized carbons (Fsp3) is 0.350. The largest absolute Gasteiger partial charge is 0.484 e. The van der Waals surface area contributed by atoms with E-state index in [4.69, 9.17) is 10.5 Å². The summed E-state index contributed by atoms with van der Waals surface area (Å²) in [7, 11) is 0. The van der Waals surface area contributed by atoms with Gasteiger partial charge < -0.3 is 21.1 Å². The van der Waals surface area contributed by atoms with Crippen molar-refractivity contribution in [1.82, 2.24) is 10.6 Å². The predicted molar refractivity (Wildman–Crippen MR) is 100 cm³/mol. The standard InChI is InChI=1S/C20H27N3O2/c21-15-18-10-8-17(9-11-18)5-4-12-22-13-14-23-20(24)16-25-19-6-2-1-3-7-19/h1-3,6-11,22H,4-5,12-16,21H2,(H,23,24). The first-order valence-corrected chi connectivity index (χ1v) is 8.71. The molecule has 5 heteroatoms. The number of nitrogens with two attached hydrogens (primary N) is 1. The molecule has 0 aromatic heterocycles. The Balaban J connectivity index is 1.46. The van der Waals surface area contributed by atoms with E-state index in [1.165, 1.54) is 5.56 Å². The third-order valence-corrected chi connectivity index (χ3v) is 3.81. The van der Waals surface area contributed by atoms with Crippen LogP contribution in [0.5, 0.6) is 5.75 Å². The summed E-state index contributed by atoms with van der Waals surface area (Å²) in [6.07, 6.45) is 2.10. The Bertz CT molecular complexity index is 615. The second kappa shape index (κ2) is 11.2. The lowest BCUT2D eigenvalue weighted by atomic mass is 10.1. The predicted octanol–water partition coefficient (Wildman–Crippen LogP) is 1.86. The summed E-state index contributed by atoms with van der Waals surface area (Å²) >= 11 is 0. The van der Waals surface area contributed by atoms with Gasteiger partial charge in [-0.2, -0.15) is 0 Å². The van der Waals surface area contributed by atoms with Crippen LogP contribution in [-0.4, -0.2) is 32.1 Å². The lowest BCUT2D eigenvalue weighted by molar-refractivity contribution is -0.123. The van der Waals surface area contributed by atoms with Crippen LogP contribution in [0.4, 0.5) is 0 Å². The van der Waals surface area contributed by atoms with Gasteiger partial charge in [0.2, 0.25) is 0 Å². The highest BCUT2D eigenvalue weighted by Gasteiger charge is 2.01. The molecule has 1 amide bonds. The van der Waals surface area contributed by atoms with Gasteiger partial charge in [0.05, 0.1) is 0 Å². The van der Waals surface area contributed by atoms with Crippen molar-refractivity contribution >= 4 is 5.91 Å². The van der Waals surface area contributed by atoms with Crippen LogP contribution in [0.1, 0.15) is 17.5 Å². The van der Waals surface area contributed by atoms with Crippen LogP contribution in [0, 0.1) is 0 Å². The number of hydrogen-bond acceptors (Lipinski definition) is 4. The zero-order valence-corrected chi connectivity index (χ0v) is 14.5. The molecule has 0 aliphatic heterocycles. The maximum Gasteiger partial charge on any atom is 0.257 e. The average Bonchev–Trinajstić information content (AvgIpc) is 2.67. The van der Waals surface area contributed by atoms with E-state index in [2.05, 4.69) is 34.9 Å². The Morgan fingerprint density at radius 2 is 1.64 bits per heavy atom. The van der Waals surface area contributed by atoms with Crippen molar-refractivity contribution in [3.8, 4) is 5.75 Å². The molecule has 0 radical (unpaired) electrons. The highest BCUT2D eigenvalue weighted by atomic mass is 16.5. The molecule has 0 bridgehead atoms. The highest BCUT2D eigenvalue weighted by Crippen LogP contribution is 2.07. The fourth-order valence-corrected chi connectivity index (χ4v) is 2.39. The van der Waals surface area contributed by atoms with E-state index >= 15 is 0 Å². The smallest absolute Gasteiger partial charge is 0.257 e. The average molecular weight is 341 g/mol. The van der Waals surface area contributed by atoms with Gasteiger partial charge in [0.1, 0.15) is 5.75 Å². The molecule has 2 aromatic carbocycles. The van der Waals surface area contributed by atoms with Crippen molar-refractivity contribution in [2.75, 3.05) is 26.2 Å². The van der Waals surface area contributed by atoms with Crippen molar-refractivity contribution in [1.29, 1.82) is 0 Å². The molecule has 0 aliphatic rings. The molecule has 0 saturated carbocycles. The minimum absolute atomic E-state index is 0.0445. The van der Waals surface area contributed by atoms with Gasteiger partial charge in [0, 0.05) is 19.6 Å². The van der Waals surface area contributed by atoms with Gasteiger partial charge in [-0.3, -0.25) is 4.79 Å². The van der Waals surface area contributed by atoms with E-state index in [1.54, 1.807) is 0 Å². The van der Waals surface area contributed by atoms with Crippen LogP contribution in [0.2, 0.25) is 0 Å². The number of nitrogens with one attached hydrogen (secondary N) is 2. The van der Waals surface area contributed by atoms with Crippen molar-refractivity contribution in [2.24, 2.45) is 5.73 Å². The first-order valence-electron chi connectivity index (χ1n) is 8.71. The van der Waals surface area contributed by atoms with E-state index in [0.29, 0.717) is 18.8 Å². The summed E-state index contributed by atoms with van der Waals surface area (Å²) < 4.78 is 5.39. The van der Waals surface area contributed by atoms with E-state index in [0.717, 1.165) is 31.5 Å². The molecule has 5 nitrogen and oxygen atoms in total. The van der Waals surface area contributed by atoms with E-state index < -0.39 is 0 Å². The molecule has 0 unspecified atom stereocenters. The normalized spacial score (nSPS) is 10.4. The van der Waals surface area contributed by atoms with Crippen molar-refractivity contribution in [2.45, 2.75) is 19.4 Å². The molecule has 0 spiro atoms. The topological polar surface area (TPSA) is 76.4 Å². The molecule has 0 aliphatic carbocycles. The van der Waals surface area contributed by atoms with Gasteiger partial charge in [0.25, 0.3) is 5.91 Å². The molecule has 25 heavy (non-hydrogen) atoms. The maximum absolute atomic E-state index is 11.7. The van der Waals surface area contributed by atoms with Crippen LogP contribution >= 0.6 is 0 Å². The van der Waals surface area contributed by atoms with Gasteiger partial charge in [-0.1, -0.05) is 42.5 Å². The van der Waals surface area contributed by atoms with E-state index in [-0.39, 0.29) is 12.5 Å². The molecule has 0 atom stereocenters. The third-order valence-electron chi connectivity index (χ3n) is 3.81. The summed E-state index contributed by atoms with van der Waals surface area (Å²) in [5.74, 6) is 0.598. The van der Waals surface area contributed by atoms with Crippen LogP contribution in [-0.2, 0) is 17.8 Å². The number of hydrogen-bond donors (Lipinski definition) is 3. The van der Waals surface area contributed by atoms with Crippen molar-refractivity contribution in [3.63, 3.8) is 0 Å². The minimum Gasteiger partial charge on any atom is -0.484 e. The lowest BCUT2D eigenvalue weighted by Gasteiger charge is -2.08. The number of carbonyl (C=O) groups is 1. The maximum atomic E-state index is 11.7. The summed E-state index contributed by atoms with van der Waals surface area (Å²) in [5.41, 5.74) is 8.08. The SMILES string of the molecule is NCc1ccc(CCCNCCNC(=O)COc2ccccc2)cc1. The zero-order chi connectivity index (χ0) is 17.7. The molecule has 0 heterocycles.